The summed E-state index contributed by atoms with van der Waals surface area (Å²) in [4.78, 5) is 0. The Hall–Kier alpha value is -2.02. The molecular formula is C19H23N. The number of allylic oxidation sites excluding steroid dienone is 2. The maximum absolute atomic E-state index is 3.59. The highest BCUT2D eigenvalue weighted by molar-refractivity contribution is 5.72. The molecule has 0 radical (unpaired) electrons. The maximum Gasteiger partial charge on any atom is 0.0381 e. The van der Waals surface area contributed by atoms with Gasteiger partial charge in [0.2, 0.25) is 0 Å². The van der Waals surface area contributed by atoms with Crippen molar-refractivity contribution in [1.29, 1.82) is 0 Å². The van der Waals surface area contributed by atoms with Crippen molar-refractivity contribution in [3.05, 3.63) is 71.4 Å². The van der Waals surface area contributed by atoms with E-state index in [0.29, 0.717) is 0 Å². The van der Waals surface area contributed by atoms with Crippen LogP contribution in [-0.2, 0) is 0 Å². The molecule has 0 heterocycles. The van der Waals surface area contributed by atoms with Crippen LogP contribution in [0.4, 0.5) is 5.69 Å². The van der Waals surface area contributed by atoms with E-state index in [0.717, 1.165) is 18.5 Å². The van der Waals surface area contributed by atoms with Crippen molar-refractivity contribution in [3.63, 3.8) is 0 Å². The average molecular weight is 265 g/mol. The quantitative estimate of drug-likeness (QED) is 0.737. The Bertz CT molecular complexity index is 582. The standard InChI is InChI=1S/C19H23N/c1-4-10-19(20-17-12-6-5-7-13-17)16(3)18-14-9-8-11-15(18)2/h5-9,11-14,20H,4,10H2,1-3H3. The zero-order valence-corrected chi connectivity index (χ0v) is 12.6. The molecule has 0 atom stereocenters. The van der Waals surface area contributed by atoms with E-state index in [-0.39, 0.29) is 0 Å². The van der Waals surface area contributed by atoms with E-state index in [2.05, 4.69) is 74.6 Å². The minimum Gasteiger partial charge on any atom is -0.359 e. The average Bonchev–Trinajstić information content (AvgIpc) is 2.48. The van der Waals surface area contributed by atoms with Crippen molar-refractivity contribution in [2.75, 3.05) is 5.32 Å². The zero-order valence-electron chi connectivity index (χ0n) is 12.6. The van der Waals surface area contributed by atoms with Crippen LogP contribution in [0.2, 0.25) is 0 Å². The third kappa shape index (κ3) is 3.51. The van der Waals surface area contributed by atoms with E-state index in [4.69, 9.17) is 0 Å². The lowest BCUT2D eigenvalue weighted by molar-refractivity contribution is 0.910. The van der Waals surface area contributed by atoms with Gasteiger partial charge in [0.15, 0.2) is 0 Å². The second kappa shape index (κ2) is 6.95. The Labute approximate surface area is 122 Å². The number of hydrogen-bond donors (Lipinski definition) is 1. The summed E-state index contributed by atoms with van der Waals surface area (Å²) in [6.07, 6.45) is 2.20. The van der Waals surface area contributed by atoms with Gasteiger partial charge >= 0.3 is 0 Å². The van der Waals surface area contributed by atoms with Gasteiger partial charge in [-0.3, -0.25) is 0 Å². The molecule has 0 aromatic heterocycles. The number of nitrogens with one attached hydrogen (secondary N) is 1. The minimum absolute atomic E-state index is 1.06. The molecule has 1 nitrogen and oxygen atoms in total. The lowest BCUT2D eigenvalue weighted by atomic mass is 9.98. The largest absolute Gasteiger partial charge is 0.359 e. The molecule has 0 bridgehead atoms. The monoisotopic (exact) mass is 265 g/mol. The van der Waals surface area contributed by atoms with Gasteiger partial charge in [0, 0.05) is 11.4 Å². The third-order valence-electron chi connectivity index (χ3n) is 3.57. The number of para-hydroxylation sites is 1. The highest BCUT2D eigenvalue weighted by atomic mass is 14.9. The van der Waals surface area contributed by atoms with Gasteiger partial charge in [0.25, 0.3) is 0 Å². The van der Waals surface area contributed by atoms with Gasteiger partial charge < -0.3 is 5.32 Å². The highest BCUT2D eigenvalue weighted by Crippen LogP contribution is 2.25. The first-order valence-corrected chi connectivity index (χ1v) is 7.30. The van der Waals surface area contributed by atoms with Crippen LogP contribution in [0.5, 0.6) is 0 Å². The summed E-state index contributed by atoms with van der Waals surface area (Å²) in [6, 6.07) is 19.0. The molecule has 0 amide bonds. The third-order valence-corrected chi connectivity index (χ3v) is 3.57. The van der Waals surface area contributed by atoms with E-state index in [1.807, 2.05) is 6.07 Å². The summed E-state index contributed by atoms with van der Waals surface area (Å²) in [5.74, 6) is 0. The molecule has 0 fully saturated rings. The van der Waals surface area contributed by atoms with Crippen LogP contribution in [-0.4, -0.2) is 0 Å². The van der Waals surface area contributed by atoms with Crippen LogP contribution >= 0.6 is 0 Å². The fourth-order valence-electron chi connectivity index (χ4n) is 2.45. The van der Waals surface area contributed by atoms with E-state index >= 15 is 0 Å². The van der Waals surface area contributed by atoms with Crippen LogP contribution < -0.4 is 5.32 Å². The predicted molar refractivity (Wildman–Crippen MR) is 88.7 cm³/mol. The Balaban J connectivity index is 2.36. The molecule has 1 N–H and O–H groups in total. The summed E-state index contributed by atoms with van der Waals surface area (Å²) in [6.45, 7) is 6.60. The molecule has 0 aliphatic heterocycles. The van der Waals surface area contributed by atoms with Crippen LogP contribution in [0.15, 0.2) is 60.3 Å². The molecule has 20 heavy (non-hydrogen) atoms. The SMILES string of the molecule is CCCC(Nc1ccccc1)=C(C)c1ccccc1C. The summed E-state index contributed by atoms with van der Waals surface area (Å²) in [5.41, 5.74) is 6.47. The van der Waals surface area contributed by atoms with Crippen molar-refractivity contribution < 1.29 is 0 Å². The van der Waals surface area contributed by atoms with E-state index in [9.17, 15) is 0 Å². The van der Waals surface area contributed by atoms with E-state index in [1.165, 1.54) is 22.4 Å². The van der Waals surface area contributed by atoms with Gasteiger partial charge in [0.05, 0.1) is 0 Å². The van der Waals surface area contributed by atoms with E-state index in [1.54, 1.807) is 0 Å². The Morgan fingerprint density at radius 1 is 0.950 bits per heavy atom. The first kappa shape index (κ1) is 14.4. The molecule has 0 saturated heterocycles. The molecule has 1 heteroatoms. The second-order valence-electron chi connectivity index (χ2n) is 5.16. The maximum atomic E-state index is 3.59. The molecule has 2 rings (SSSR count). The molecule has 104 valence electrons. The Kier molecular flexibility index (Phi) is 5.00. The van der Waals surface area contributed by atoms with Gasteiger partial charge in [-0.05, 0) is 49.1 Å². The first-order valence-electron chi connectivity index (χ1n) is 7.30. The smallest absolute Gasteiger partial charge is 0.0381 e. The zero-order chi connectivity index (χ0) is 14.4. The molecule has 0 saturated carbocycles. The first-order chi connectivity index (χ1) is 9.72. The summed E-state index contributed by atoms with van der Waals surface area (Å²) < 4.78 is 0. The lowest BCUT2D eigenvalue weighted by Gasteiger charge is -2.16. The van der Waals surface area contributed by atoms with Crippen LogP contribution in [0.25, 0.3) is 5.57 Å². The second-order valence-corrected chi connectivity index (χ2v) is 5.16. The molecular weight excluding hydrogens is 242 g/mol. The van der Waals surface area contributed by atoms with Gasteiger partial charge in [0.1, 0.15) is 0 Å². The van der Waals surface area contributed by atoms with Gasteiger partial charge in [-0.15, -0.1) is 0 Å². The van der Waals surface area contributed by atoms with Crippen molar-refractivity contribution in [3.8, 4) is 0 Å². The number of benzene rings is 2. The number of anilines is 1. The Morgan fingerprint density at radius 2 is 1.60 bits per heavy atom. The summed E-state index contributed by atoms with van der Waals surface area (Å²) in [5, 5.41) is 3.59. The normalized spacial score (nSPS) is 11.9. The van der Waals surface area contributed by atoms with Crippen LogP contribution in [0, 0.1) is 6.92 Å². The van der Waals surface area contributed by atoms with Gasteiger partial charge in [-0.1, -0.05) is 55.8 Å². The van der Waals surface area contributed by atoms with Crippen molar-refractivity contribution in [2.24, 2.45) is 0 Å². The van der Waals surface area contributed by atoms with Gasteiger partial charge in [-0.2, -0.15) is 0 Å². The molecule has 0 unspecified atom stereocenters. The fraction of sp³-hybridized carbons (Fsp3) is 0.263. The van der Waals surface area contributed by atoms with E-state index < -0.39 is 0 Å². The van der Waals surface area contributed by atoms with Crippen molar-refractivity contribution >= 4 is 11.3 Å². The topological polar surface area (TPSA) is 12.0 Å². The highest BCUT2D eigenvalue weighted by Gasteiger charge is 2.07. The molecule has 0 aliphatic rings. The molecule has 2 aromatic rings. The number of aryl methyl sites for hydroxylation is 1. The van der Waals surface area contributed by atoms with Crippen LogP contribution in [0.1, 0.15) is 37.8 Å². The number of hydrogen-bond acceptors (Lipinski definition) is 1. The summed E-state index contributed by atoms with van der Waals surface area (Å²) in [7, 11) is 0. The lowest BCUT2D eigenvalue weighted by Crippen LogP contribution is -2.03. The molecule has 0 spiro atoms. The van der Waals surface area contributed by atoms with Gasteiger partial charge in [-0.25, -0.2) is 0 Å². The van der Waals surface area contributed by atoms with Crippen LogP contribution in [0.3, 0.4) is 0 Å². The number of rotatable bonds is 5. The fourth-order valence-corrected chi connectivity index (χ4v) is 2.45. The summed E-state index contributed by atoms with van der Waals surface area (Å²) >= 11 is 0. The molecule has 2 aromatic carbocycles. The van der Waals surface area contributed by atoms with Crippen molar-refractivity contribution in [2.45, 2.75) is 33.6 Å². The van der Waals surface area contributed by atoms with Crippen molar-refractivity contribution in [1.82, 2.24) is 0 Å². The minimum atomic E-state index is 1.06. The Morgan fingerprint density at radius 3 is 2.25 bits per heavy atom. The predicted octanol–water partition coefficient (Wildman–Crippen LogP) is 5.64. The molecule has 0 aliphatic carbocycles.